The smallest absolute Gasteiger partial charge is 0.417 e. The second-order valence-corrected chi connectivity index (χ2v) is 6.52. The molecule has 10 heteroatoms. The number of rotatable bonds is 5. The SMILES string of the molecule is Cc1nn(C)c2nc(O[C@H](C)C(=O)NCc3ccc(F)cc3)cc(C(F)(F)F)c12. The molecule has 3 rings (SSSR count). The number of hydrogen-bond acceptors (Lipinski definition) is 4. The molecular formula is C19H18F4N4O2. The molecule has 0 saturated heterocycles. The monoisotopic (exact) mass is 410 g/mol. The number of aryl methyl sites for hydroxylation is 2. The fourth-order valence-electron chi connectivity index (χ4n) is 2.88. The summed E-state index contributed by atoms with van der Waals surface area (Å²) in [4.78, 5) is 16.3. The lowest BCUT2D eigenvalue weighted by Gasteiger charge is -2.16. The van der Waals surface area contributed by atoms with Gasteiger partial charge in [-0.05, 0) is 31.5 Å². The van der Waals surface area contributed by atoms with Gasteiger partial charge in [0.1, 0.15) is 5.82 Å². The Morgan fingerprint density at radius 2 is 1.93 bits per heavy atom. The summed E-state index contributed by atoms with van der Waals surface area (Å²) in [7, 11) is 1.48. The van der Waals surface area contributed by atoms with E-state index < -0.39 is 29.6 Å². The Labute approximate surface area is 163 Å². The van der Waals surface area contributed by atoms with Gasteiger partial charge in [0.15, 0.2) is 11.8 Å². The standard InChI is InChI=1S/C19H18F4N4O2/c1-10-16-14(19(21,22)23)8-15(25-17(16)27(3)26-10)29-11(2)18(28)24-9-12-4-6-13(20)7-5-12/h4-8,11H,9H2,1-3H3,(H,24,28)/t11-/m1/s1. The van der Waals surface area contributed by atoms with Crippen LogP contribution in [0.5, 0.6) is 5.88 Å². The maximum absolute atomic E-state index is 13.5. The molecule has 0 aliphatic heterocycles. The van der Waals surface area contributed by atoms with Crippen LogP contribution in [0, 0.1) is 12.7 Å². The van der Waals surface area contributed by atoms with Crippen molar-refractivity contribution in [1.29, 1.82) is 0 Å². The van der Waals surface area contributed by atoms with E-state index >= 15 is 0 Å². The topological polar surface area (TPSA) is 69.0 Å². The minimum absolute atomic E-state index is 0.00578. The molecule has 3 aromatic rings. The highest BCUT2D eigenvalue weighted by atomic mass is 19.4. The van der Waals surface area contributed by atoms with Gasteiger partial charge in [-0.15, -0.1) is 0 Å². The lowest BCUT2D eigenvalue weighted by Crippen LogP contribution is -2.36. The van der Waals surface area contributed by atoms with E-state index in [1.54, 1.807) is 0 Å². The molecule has 0 unspecified atom stereocenters. The number of pyridine rings is 1. The highest BCUT2D eigenvalue weighted by Crippen LogP contribution is 2.37. The third-order valence-corrected chi connectivity index (χ3v) is 4.30. The molecule has 0 aliphatic rings. The Balaban J connectivity index is 1.79. The maximum Gasteiger partial charge on any atom is 0.417 e. The van der Waals surface area contributed by atoms with Gasteiger partial charge in [-0.2, -0.15) is 23.3 Å². The van der Waals surface area contributed by atoms with Crippen molar-refractivity contribution in [3.63, 3.8) is 0 Å². The second kappa shape index (κ2) is 7.69. The summed E-state index contributed by atoms with van der Waals surface area (Å²) >= 11 is 0. The number of amides is 1. The molecule has 0 fully saturated rings. The van der Waals surface area contributed by atoms with Crippen molar-refractivity contribution in [2.45, 2.75) is 32.7 Å². The second-order valence-electron chi connectivity index (χ2n) is 6.52. The minimum atomic E-state index is -4.64. The molecule has 0 spiro atoms. The molecule has 6 nitrogen and oxygen atoms in total. The van der Waals surface area contributed by atoms with Gasteiger partial charge < -0.3 is 10.1 Å². The lowest BCUT2D eigenvalue weighted by atomic mass is 10.1. The molecule has 0 bridgehead atoms. The van der Waals surface area contributed by atoms with Crippen LogP contribution in [-0.2, 0) is 24.6 Å². The summed E-state index contributed by atoms with van der Waals surface area (Å²) in [6.07, 6.45) is -5.74. The first-order valence-corrected chi connectivity index (χ1v) is 8.66. The van der Waals surface area contributed by atoms with Gasteiger partial charge in [0.2, 0.25) is 5.88 Å². The summed E-state index contributed by atoms with van der Waals surface area (Å²) < 4.78 is 60.0. The van der Waals surface area contributed by atoms with Gasteiger partial charge in [0.25, 0.3) is 5.91 Å². The number of ether oxygens (including phenoxy) is 1. The third kappa shape index (κ3) is 4.47. The number of nitrogens with zero attached hydrogens (tertiary/aromatic N) is 3. The van der Waals surface area contributed by atoms with E-state index in [9.17, 15) is 22.4 Å². The fourth-order valence-corrected chi connectivity index (χ4v) is 2.88. The average molecular weight is 410 g/mol. The molecule has 0 radical (unpaired) electrons. The number of fused-ring (bicyclic) bond motifs is 1. The van der Waals surface area contributed by atoms with Crippen molar-refractivity contribution in [3.8, 4) is 5.88 Å². The zero-order chi connectivity index (χ0) is 21.3. The van der Waals surface area contributed by atoms with Crippen LogP contribution in [0.25, 0.3) is 11.0 Å². The summed E-state index contributed by atoms with van der Waals surface area (Å²) in [5, 5.41) is 6.45. The van der Waals surface area contributed by atoms with Crippen LogP contribution in [0.3, 0.4) is 0 Å². The molecule has 0 aliphatic carbocycles. The van der Waals surface area contributed by atoms with Gasteiger partial charge in [0.05, 0.1) is 16.6 Å². The number of carbonyl (C=O) groups excluding carboxylic acids is 1. The summed E-state index contributed by atoms with van der Waals surface area (Å²) in [6, 6.07) is 6.30. The molecule has 154 valence electrons. The Morgan fingerprint density at radius 3 is 2.55 bits per heavy atom. The summed E-state index contributed by atoms with van der Waals surface area (Å²) in [5.74, 6) is -1.28. The Kier molecular flexibility index (Phi) is 5.45. The molecular weight excluding hydrogens is 392 g/mol. The molecule has 1 atom stereocenters. The van der Waals surface area contributed by atoms with Gasteiger partial charge >= 0.3 is 6.18 Å². The first-order chi connectivity index (χ1) is 13.6. The van der Waals surface area contributed by atoms with Crippen molar-refractivity contribution in [2.24, 2.45) is 7.05 Å². The van der Waals surface area contributed by atoms with Crippen LogP contribution in [0.2, 0.25) is 0 Å². The van der Waals surface area contributed by atoms with Crippen molar-refractivity contribution in [3.05, 3.63) is 53.0 Å². The number of alkyl halides is 3. The number of carbonyl (C=O) groups is 1. The van der Waals surface area contributed by atoms with Crippen LogP contribution in [0.1, 0.15) is 23.7 Å². The number of nitrogens with one attached hydrogen (secondary N) is 1. The van der Waals surface area contributed by atoms with E-state index in [2.05, 4.69) is 15.4 Å². The van der Waals surface area contributed by atoms with Crippen LogP contribution in [0.15, 0.2) is 30.3 Å². The molecule has 2 heterocycles. The molecule has 1 aromatic carbocycles. The number of halogens is 4. The zero-order valence-electron chi connectivity index (χ0n) is 15.8. The average Bonchev–Trinajstić information content (AvgIpc) is 2.93. The van der Waals surface area contributed by atoms with Crippen molar-refractivity contribution in [1.82, 2.24) is 20.1 Å². The molecule has 1 amide bonds. The van der Waals surface area contributed by atoms with Gasteiger partial charge in [-0.1, -0.05) is 12.1 Å². The zero-order valence-corrected chi connectivity index (χ0v) is 15.8. The van der Waals surface area contributed by atoms with E-state index in [1.807, 2.05) is 0 Å². The predicted molar refractivity (Wildman–Crippen MR) is 96.6 cm³/mol. The third-order valence-electron chi connectivity index (χ3n) is 4.30. The summed E-state index contributed by atoms with van der Waals surface area (Å²) in [5.41, 5.74) is -0.0663. The van der Waals surface area contributed by atoms with Gasteiger partial charge in [0, 0.05) is 19.7 Å². The molecule has 29 heavy (non-hydrogen) atoms. The fraction of sp³-hybridized carbons (Fsp3) is 0.316. The van der Waals surface area contributed by atoms with Gasteiger partial charge in [-0.25, -0.2) is 4.39 Å². The molecule has 2 aromatic heterocycles. The number of hydrogen-bond donors (Lipinski definition) is 1. The Morgan fingerprint density at radius 1 is 1.28 bits per heavy atom. The highest BCUT2D eigenvalue weighted by Gasteiger charge is 2.36. The normalized spacial score (nSPS) is 12.8. The Hall–Kier alpha value is -3.17. The lowest BCUT2D eigenvalue weighted by molar-refractivity contribution is -0.136. The number of benzene rings is 1. The van der Waals surface area contributed by atoms with Crippen molar-refractivity contribution >= 4 is 16.9 Å². The molecule has 0 saturated carbocycles. The highest BCUT2D eigenvalue weighted by molar-refractivity contribution is 5.84. The first-order valence-electron chi connectivity index (χ1n) is 8.66. The first kappa shape index (κ1) is 20.6. The van der Waals surface area contributed by atoms with Crippen LogP contribution in [0.4, 0.5) is 17.6 Å². The Bertz CT molecular complexity index is 1050. The van der Waals surface area contributed by atoms with Gasteiger partial charge in [-0.3, -0.25) is 9.48 Å². The van der Waals surface area contributed by atoms with Crippen molar-refractivity contribution in [2.75, 3.05) is 0 Å². The van der Waals surface area contributed by atoms with E-state index in [1.165, 1.54) is 49.8 Å². The van der Waals surface area contributed by atoms with E-state index in [-0.39, 0.29) is 29.2 Å². The van der Waals surface area contributed by atoms with E-state index in [4.69, 9.17) is 4.74 Å². The largest absolute Gasteiger partial charge is 0.464 e. The number of aromatic nitrogens is 3. The quantitative estimate of drug-likeness (QED) is 0.654. The van der Waals surface area contributed by atoms with E-state index in [0.717, 1.165) is 6.07 Å². The van der Waals surface area contributed by atoms with Crippen LogP contribution in [-0.4, -0.2) is 26.8 Å². The van der Waals surface area contributed by atoms with Crippen LogP contribution >= 0.6 is 0 Å². The maximum atomic E-state index is 13.5. The predicted octanol–water partition coefficient (Wildman–Crippen LogP) is 3.52. The van der Waals surface area contributed by atoms with Crippen LogP contribution < -0.4 is 10.1 Å². The minimum Gasteiger partial charge on any atom is -0.464 e. The van der Waals surface area contributed by atoms with Crippen molar-refractivity contribution < 1.29 is 27.1 Å². The van der Waals surface area contributed by atoms with E-state index in [0.29, 0.717) is 5.56 Å². The molecule has 1 N–H and O–H groups in total. The summed E-state index contributed by atoms with van der Waals surface area (Å²) in [6.45, 7) is 2.98.